The van der Waals surface area contributed by atoms with E-state index in [2.05, 4.69) is 27.4 Å². The lowest BCUT2D eigenvalue weighted by molar-refractivity contribution is 0.101. The van der Waals surface area contributed by atoms with Gasteiger partial charge in [0.15, 0.2) is 6.29 Å². The number of nitrogens with zero attached hydrogens (tertiary/aromatic N) is 6. The summed E-state index contributed by atoms with van der Waals surface area (Å²) in [4.78, 5) is 40.6. The first-order valence-corrected chi connectivity index (χ1v) is 13.2. The maximum atomic E-state index is 13.3. The number of rotatable bonds is 13. The number of aromatic nitrogens is 6. The summed E-state index contributed by atoms with van der Waals surface area (Å²) in [6, 6.07) is 7.12. The number of fused-ring (bicyclic) bond motifs is 1. The van der Waals surface area contributed by atoms with E-state index in [-0.39, 0.29) is 5.91 Å². The lowest BCUT2D eigenvalue weighted by atomic mass is 10.1. The minimum absolute atomic E-state index is 0.271. The second kappa shape index (κ2) is 12.0. The molecule has 1 aromatic carbocycles. The molecule has 200 valence electrons. The normalized spacial score (nSPS) is 11.3. The molecule has 4 rings (SSSR count). The van der Waals surface area contributed by atoms with Crippen LogP contribution in [0.3, 0.4) is 0 Å². The highest BCUT2D eigenvalue weighted by molar-refractivity contribution is 6.03. The van der Waals surface area contributed by atoms with Gasteiger partial charge in [-0.25, -0.2) is 4.98 Å². The fourth-order valence-corrected chi connectivity index (χ4v) is 4.89. The molecule has 0 saturated carbocycles. The number of carbonyl (C=O) groups excluding carboxylic acids is 3. The predicted octanol–water partition coefficient (Wildman–Crippen LogP) is 4.77. The van der Waals surface area contributed by atoms with Crippen molar-refractivity contribution in [1.29, 1.82) is 0 Å². The van der Waals surface area contributed by atoms with E-state index >= 15 is 0 Å². The van der Waals surface area contributed by atoms with Gasteiger partial charge in [0, 0.05) is 30.8 Å². The number of carbonyl (C=O) groups is 3. The summed E-state index contributed by atoms with van der Waals surface area (Å²) in [6.45, 7) is 9.83. The molecule has 0 aliphatic carbocycles. The summed E-state index contributed by atoms with van der Waals surface area (Å²) in [5, 5.41) is 12.0. The number of unbranched alkanes of at least 4 members (excludes halogenated alkanes) is 2. The van der Waals surface area contributed by atoms with Crippen molar-refractivity contribution in [3.8, 4) is 0 Å². The van der Waals surface area contributed by atoms with Crippen LogP contribution in [0.5, 0.6) is 0 Å². The monoisotopic (exact) mass is 517 g/mol. The molecule has 0 aliphatic rings. The van der Waals surface area contributed by atoms with Crippen molar-refractivity contribution in [2.75, 3.05) is 5.32 Å². The molecule has 0 unspecified atom stereocenters. The fourth-order valence-electron chi connectivity index (χ4n) is 4.89. The molecule has 0 spiro atoms. The number of aryl methyl sites for hydroxylation is 5. The van der Waals surface area contributed by atoms with Crippen LogP contribution >= 0.6 is 0 Å². The molecule has 3 aromatic heterocycles. The van der Waals surface area contributed by atoms with Crippen LogP contribution in [0.4, 0.5) is 5.95 Å². The molecule has 10 nitrogen and oxygen atoms in total. The molecule has 38 heavy (non-hydrogen) atoms. The van der Waals surface area contributed by atoms with Gasteiger partial charge in [-0.3, -0.25) is 29.1 Å². The van der Waals surface area contributed by atoms with E-state index in [1.165, 1.54) is 0 Å². The Balaban J connectivity index is 1.42. The quantitative estimate of drug-likeness (QED) is 0.202. The number of nitrogens with one attached hydrogen (secondary N) is 1. The number of hydrogen-bond donors (Lipinski definition) is 1. The van der Waals surface area contributed by atoms with Gasteiger partial charge in [0.25, 0.3) is 5.91 Å². The van der Waals surface area contributed by atoms with Crippen LogP contribution < -0.4 is 5.32 Å². The third-order valence-corrected chi connectivity index (χ3v) is 6.72. The van der Waals surface area contributed by atoms with E-state index in [0.717, 1.165) is 67.1 Å². The maximum absolute atomic E-state index is 13.3. The van der Waals surface area contributed by atoms with Gasteiger partial charge in [-0.2, -0.15) is 10.2 Å². The molecule has 0 atom stereocenters. The molecule has 1 amide bonds. The van der Waals surface area contributed by atoms with Gasteiger partial charge in [0.2, 0.25) is 5.95 Å². The van der Waals surface area contributed by atoms with Crippen molar-refractivity contribution >= 4 is 35.5 Å². The Labute approximate surface area is 222 Å². The third-order valence-electron chi connectivity index (χ3n) is 6.72. The van der Waals surface area contributed by atoms with E-state index in [0.29, 0.717) is 48.1 Å². The van der Waals surface area contributed by atoms with Crippen LogP contribution in [0, 0.1) is 13.8 Å². The van der Waals surface area contributed by atoms with Crippen molar-refractivity contribution in [3.63, 3.8) is 0 Å². The average molecular weight is 518 g/mol. The van der Waals surface area contributed by atoms with Gasteiger partial charge < -0.3 is 4.57 Å². The molecule has 0 saturated heterocycles. The van der Waals surface area contributed by atoms with Crippen molar-refractivity contribution in [2.45, 2.75) is 79.4 Å². The maximum Gasteiger partial charge on any atom is 0.276 e. The minimum atomic E-state index is -0.271. The third kappa shape index (κ3) is 5.58. The highest BCUT2D eigenvalue weighted by atomic mass is 16.2. The van der Waals surface area contributed by atoms with Crippen molar-refractivity contribution in [3.05, 3.63) is 58.2 Å². The van der Waals surface area contributed by atoms with Crippen LogP contribution in [0.25, 0.3) is 11.0 Å². The number of benzene rings is 1. The smallest absolute Gasteiger partial charge is 0.276 e. The summed E-state index contributed by atoms with van der Waals surface area (Å²) in [5.74, 6) is 0.182. The van der Waals surface area contributed by atoms with Crippen LogP contribution in [0.1, 0.15) is 87.8 Å². The topological polar surface area (TPSA) is 117 Å². The summed E-state index contributed by atoms with van der Waals surface area (Å²) < 4.78 is 5.47. The molecule has 10 heteroatoms. The largest absolute Gasteiger partial charge is 0.310 e. The first kappa shape index (κ1) is 27.0. The van der Waals surface area contributed by atoms with Gasteiger partial charge in [0.05, 0.1) is 22.4 Å². The highest BCUT2D eigenvalue weighted by Gasteiger charge is 2.19. The van der Waals surface area contributed by atoms with E-state index in [1.807, 2.05) is 31.4 Å². The number of anilines is 1. The first-order chi connectivity index (χ1) is 18.4. The zero-order valence-electron chi connectivity index (χ0n) is 22.5. The molecule has 3 heterocycles. The second-order valence-electron chi connectivity index (χ2n) is 9.49. The van der Waals surface area contributed by atoms with E-state index in [9.17, 15) is 14.4 Å². The van der Waals surface area contributed by atoms with Gasteiger partial charge >= 0.3 is 0 Å². The molecule has 4 aromatic rings. The summed E-state index contributed by atoms with van der Waals surface area (Å²) in [5.41, 5.74) is 5.93. The molecule has 0 bridgehead atoms. The Morgan fingerprint density at radius 1 is 0.974 bits per heavy atom. The summed E-state index contributed by atoms with van der Waals surface area (Å²) in [6.07, 6.45) is 6.05. The van der Waals surface area contributed by atoms with Gasteiger partial charge in [-0.05, 0) is 70.7 Å². The average Bonchev–Trinajstić information content (AvgIpc) is 3.55. The highest BCUT2D eigenvalue weighted by Crippen LogP contribution is 2.22. The molecule has 0 fully saturated rings. The summed E-state index contributed by atoms with van der Waals surface area (Å²) >= 11 is 0. The molecule has 1 N–H and O–H groups in total. The summed E-state index contributed by atoms with van der Waals surface area (Å²) in [7, 11) is 0. The zero-order valence-corrected chi connectivity index (χ0v) is 22.5. The van der Waals surface area contributed by atoms with Crippen LogP contribution in [-0.4, -0.2) is 47.6 Å². The minimum Gasteiger partial charge on any atom is -0.310 e. The number of hydrogen-bond acceptors (Lipinski definition) is 6. The molecule has 0 aliphatic heterocycles. The van der Waals surface area contributed by atoms with Gasteiger partial charge in [0.1, 0.15) is 17.7 Å². The molecular formula is C28H35N7O3. The van der Waals surface area contributed by atoms with Crippen LogP contribution in [0.15, 0.2) is 24.3 Å². The standard InChI is InChI=1S/C28H35N7O3/c1-5-13-33-24-12-11-21(17-36)16-23(24)29-28(33)30-27(38)25-15-19(3)31-35(25)14-9-7-8-10-22-20(4)32-34(6-2)26(22)18-37/h11-12,15-18H,5-10,13-14H2,1-4H3,(H,29,30,38). The van der Waals surface area contributed by atoms with E-state index in [4.69, 9.17) is 0 Å². The Bertz CT molecular complexity index is 1460. The Morgan fingerprint density at radius 3 is 2.50 bits per heavy atom. The first-order valence-electron chi connectivity index (χ1n) is 13.2. The zero-order chi connectivity index (χ0) is 27.2. The van der Waals surface area contributed by atoms with E-state index in [1.54, 1.807) is 27.6 Å². The fraction of sp³-hybridized carbons (Fsp3) is 0.429. The van der Waals surface area contributed by atoms with E-state index < -0.39 is 0 Å². The predicted molar refractivity (Wildman–Crippen MR) is 146 cm³/mol. The Kier molecular flexibility index (Phi) is 8.50. The van der Waals surface area contributed by atoms with Crippen molar-refractivity contribution in [1.82, 2.24) is 29.1 Å². The molecule has 0 radical (unpaired) electrons. The number of aldehydes is 2. The second-order valence-corrected chi connectivity index (χ2v) is 9.49. The van der Waals surface area contributed by atoms with Gasteiger partial charge in [-0.15, -0.1) is 0 Å². The number of imidazole rings is 1. The lowest BCUT2D eigenvalue weighted by Crippen LogP contribution is -2.20. The van der Waals surface area contributed by atoms with Gasteiger partial charge in [-0.1, -0.05) is 13.3 Å². The van der Waals surface area contributed by atoms with Crippen molar-refractivity contribution in [2.24, 2.45) is 0 Å². The van der Waals surface area contributed by atoms with Crippen molar-refractivity contribution < 1.29 is 14.4 Å². The number of amides is 1. The lowest BCUT2D eigenvalue weighted by Gasteiger charge is -2.10. The van der Waals surface area contributed by atoms with Crippen LogP contribution in [-0.2, 0) is 26.1 Å². The molecular weight excluding hydrogens is 482 g/mol. The SMILES string of the molecule is CCCn1c(NC(=O)c2cc(C)nn2CCCCCc2c(C)nn(CC)c2C=O)nc2cc(C=O)ccc21. The Morgan fingerprint density at radius 2 is 1.79 bits per heavy atom. The van der Waals surface area contributed by atoms with Crippen LogP contribution in [0.2, 0.25) is 0 Å². The Hall–Kier alpha value is -4.08.